The molecule has 2 aromatic heterocycles. The highest BCUT2D eigenvalue weighted by Crippen LogP contribution is 2.26. The summed E-state index contributed by atoms with van der Waals surface area (Å²) >= 11 is 0. The summed E-state index contributed by atoms with van der Waals surface area (Å²) < 4.78 is 2.07. The van der Waals surface area contributed by atoms with E-state index in [-0.39, 0.29) is 0 Å². The van der Waals surface area contributed by atoms with E-state index in [2.05, 4.69) is 61.4 Å². The highest BCUT2D eigenvalue weighted by molar-refractivity contribution is 5.80. The second-order valence-corrected chi connectivity index (χ2v) is 7.69. The number of rotatable bonds is 4. The van der Waals surface area contributed by atoms with Gasteiger partial charge in [0.15, 0.2) is 5.96 Å². The molecule has 0 spiro atoms. The molecule has 1 aliphatic heterocycles. The summed E-state index contributed by atoms with van der Waals surface area (Å²) in [5.41, 5.74) is 3.25. The molecular weight excluding hydrogens is 324 g/mol. The summed E-state index contributed by atoms with van der Waals surface area (Å²) in [6.45, 7) is 5.12. The highest BCUT2D eigenvalue weighted by Gasteiger charge is 2.30. The van der Waals surface area contributed by atoms with Crippen LogP contribution < -0.4 is 10.6 Å². The van der Waals surface area contributed by atoms with Gasteiger partial charge in [-0.3, -0.25) is 9.89 Å². The molecule has 4 rings (SSSR count). The number of guanidine groups is 1. The lowest BCUT2D eigenvalue weighted by Gasteiger charge is -2.24. The standard InChI is InChI=1S/C20H30N6/c1-15-7-9-26-14-17(23-19(26)11-15)12-22-20(21-2)24-16-8-10-25(13-16)18-5-3-4-6-18/h7,9,11,14,16,18H,3-6,8,10,12-13H2,1-2H3,(H2,21,22,24). The van der Waals surface area contributed by atoms with Crippen LogP contribution in [0.2, 0.25) is 0 Å². The molecule has 2 aliphatic rings. The second-order valence-electron chi connectivity index (χ2n) is 7.69. The monoisotopic (exact) mass is 354 g/mol. The molecule has 1 saturated heterocycles. The van der Waals surface area contributed by atoms with Crippen molar-refractivity contribution in [3.05, 3.63) is 35.8 Å². The molecule has 0 amide bonds. The van der Waals surface area contributed by atoms with Crippen LogP contribution in [0.4, 0.5) is 0 Å². The zero-order valence-electron chi connectivity index (χ0n) is 15.9. The Hall–Kier alpha value is -2.08. The van der Waals surface area contributed by atoms with Crippen molar-refractivity contribution in [2.24, 2.45) is 4.99 Å². The van der Waals surface area contributed by atoms with Gasteiger partial charge in [-0.15, -0.1) is 0 Å². The minimum absolute atomic E-state index is 0.491. The number of likely N-dealkylation sites (tertiary alicyclic amines) is 1. The number of aliphatic imine (C=N–C) groups is 1. The smallest absolute Gasteiger partial charge is 0.191 e. The molecule has 1 saturated carbocycles. The topological polar surface area (TPSA) is 57.0 Å². The molecular formula is C20H30N6. The second kappa shape index (κ2) is 7.66. The molecule has 140 valence electrons. The summed E-state index contributed by atoms with van der Waals surface area (Å²) in [5, 5.41) is 7.01. The van der Waals surface area contributed by atoms with Crippen molar-refractivity contribution in [2.45, 2.75) is 57.7 Å². The van der Waals surface area contributed by atoms with Gasteiger partial charge < -0.3 is 15.0 Å². The van der Waals surface area contributed by atoms with Gasteiger partial charge in [0.1, 0.15) is 5.65 Å². The van der Waals surface area contributed by atoms with Gasteiger partial charge in [0.2, 0.25) is 0 Å². The van der Waals surface area contributed by atoms with Crippen LogP contribution in [-0.4, -0.2) is 52.5 Å². The Labute approximate surface area is 155 Å². The van der Waals surface area contributed by atoms with Crippen LogP contribution in [0, 0.1) is 6.92 Å². The summed E-state index contributed by atoms with van der Waals surface area (Å²) in [4.78, 5) is 11.8. The van der Waals surface area contributed by atoms with Gasteiger partial charge in [0, 0.05) is 44.6 Å². The predicted octanol–water partition coefficient (Wildman–Crippen LogP) is 2.32. The van der Waals surface area contributed by atoms with Gasteiger partial charge in [-0.25, -0.2) is 4.98 Å². The number of aromatic nitrogens is 2. The summed E-state index contributed by atoms with van der Waals surface area (Å²) in [6, 6.07) is 5.51. The van der Waals surface area contributed by atoms with Crippen molar-refractivity contribution in [3.8, 4) is 0 Å². The number of hydrogen-bond acceptors (Lipinski definition) is 3. The normalized spacial score (nSPS) is 22.4. The maximum absolute atomic E-state index is 4.69. The predicted molar refractivity (Wildman–Crippen MR) is 105 cm³/mol. The molecule has 6 nitrogen and oxygen atoms in total. The third-order valence-corrected chi connectivity index (χ3v) is 5.73. The van der Waals surface area contributed by atoms with E-state index in [0.29, 0.717) is 12.6 Å². The van der Waals surface area contributed by atoms with E-state index in [0.717, 1.165) is 29.9 Å². The van der Waals surface area contributed by atoms with E-state index in [1.54, 1.807) is 0 Å². The summed E-state index contributed by atoms with van der Waals surface area (Å²) in [6.07, 6.45) is 10.9. The quantitative estimate of drug-likeness (QED) is 0.654. The number of pyridine rings is 1. The lowest BCUT2D eigenvalue weighted by Crippen LogP contribution is -2.45. The Morgan fingerprint density at radius 1 is 1.31 bits per heavy atom. The van der Waals surface area contributed by atoms with Crippen molar-refractivity contribution in [2.75, 3.05) is 20.1 Å². The van der Waals surface area contributed by atoms with Gasteiger partial charge in [0.05, 0.1) is 12.2 Å². The molecule has 1 aliphatic carbocycles. The Bertz CT molecular complexity index is 774. The molecule has 26 heavy (non-hydrogen) atoms. The Balaban J connectivity index is 1.30. The first kappa shape index (κ1) is 17.3. The third-order valence-electron chi connectivity index (χ3n) is 5.73. The molecule has 2 N–H and O–H groups in total. The molecule has 3 heterocycles. The number of aryl methyl sites for hydroxylation is 1. The SMILES string of the molecule is CN=C(NCc1cn2ccc(C)cc2n1)NC1CCN(C2CCCC2)C1. The molecule has 2 aromatic rings. The molecule has 2 fully saturated rings. The lowest BCUT2D eigenvalue weighted by molar-refractivity contribution is 0.242. The van der Waals surface area contributed by atoms with E-state index >= 15 is 0 Å². The fourth-order valence-corrected chi connectivity index (χ4v) is 4.29. The Morgan fingerprint density at radius 3 is 2.96 bits per heavy atom. The zero-order valence-corrected chi connectivity index (χ0v) is 15.9. The average Bonchev–Trinajstić information content (AvgIpc) is 3.37. The zero-order chi connectivity index (χ0) is 17.9. The minimum atomic E-state index is 0.491. The summed E-state index contributed by atoms with van der Waals surface area (Å²) in [5.74, 6) is 0.872. The first-order chi connectivity index (χ1) is 12.7. The maximum atomic E-state index is 4.69. The average molecular weight is 355 g/mol. The minimum Gasteiger partial charge on any atom is -0.352 e. The molecule has 1 unspecified atom stereocenters. The highest BCUT2D eigenvalue weighted by atomic mass is 15.3. The molecule has 0 radical (unpaired) electrons. The van der Waals surface area contributed by atoms with Crippen molar-refractivity contribution < 1.29 is 0 Å². The van der Waals surface area contributed by atoms with Crippen molar-refractivity contribution >= 4 is 11.6 Å². The first-order valence-corrected chi connectivity index (χ1v) is 9.87. The number of fused-ring (bicyclic) bond motifs is 1. The van der Waals surface area contributed by atoms with Crippen LogP contribution in [0.1, 0.15) is 43.4 Å². The first-order valence-electron chi connectivity index (χ1n) is 9.87. The Kier molecular flexibility index (Phi) is 5.11. The van der Waals surface area contributed by atoms with Gasteiger partial charge in [-0.1, -0.05) is 12.8 Å². The number of hydrogen-bond donors (Lipinski definition) is 2. The summed E-state index contributed by atoms with van der Waals surface area (Å²) in [7, 11) is 1.84. The maximum Gasteiger partial charge on any atom is 0.191 e. The lowest BCUT2D eigenvalue weighted by atomic mass is 10.2. The molecule has 6 heteroatoms. The van der Waals surface area contributed by atoms with E-state index in [4.69, 9.17) is 0 Å². The molecule has 0 aromatic carbocycles. The van der Waals surface area contributed by atoms with Crippen molar-refractivity contribution in [1.29, 1.82) is 0 Å². The molecule has 0 bridgehead atoms. The van der Waals surface area contributed by atoms with E-state index < -0.39 is 0 Å². The van der Waals surface area contributed by atoms with Crippen LogP contribution in [0.3, 0.4) is 0 Å². The van der Waals surface area contributed by atoms with Gasteiger partial charge in [0.25, 0.3) is 0 Å². The van der Waals surface area contributed by atoms with E-state index in [9.17, 15) is 0 Å². The van der Waals surface area contributed by atoms with Crippen LogP contribution >= 0.6 is 0 Å². The largest absolute Gasteiger partial charge is 0.352 e. The number of nitrogens with zero attached hydrogens (tertiary/aromatic N) is 4. The van der Waals surface area contributed by atoms with E-state index in [1.165, 1.54) is 44.2 Å². The number of nitrogens with one attached hydrogen (secondary N) is 2. The molecule has 1 atom stereocenters. The van der Waals surface area contributed by atoms with Crippen molar-refractivity contribution in [1.82, 2.24) is 24.9 Å². The van der Waals surface area contributed by atoms with Gasteiger partial charge >= 0.3 is 0 Å². The van der Waals surface area contributed by atoms with Crippen LogP contribution in [0.25, 0.3) is 5.65 Å². The van der Waals surface area contributed by atoms with Crippen molar-refractivity contribution in [3.63, 3.8) is 0 Å². The fraction of sp³-hybridized carbons (Fsp3) is 0.600. The van der Waals surface area contributed by atoms with Gasteiger partial charge in [-0.05, 0) is 43.9 Å². The number of imidazole rings is 1. The van der Waals surface area contributed by atoms with Crippen LogP contribution in [-0.2, 0) is 6.54 Å². The van der Waals surface area contributed by atoms with Crippen LogP contribution in [0.5, 0.6) is 0 Å². The fourth-order valence-electron chi connectivity index (χ4n) is 4.29. The van der Waals surface area contributed by atoms with Crippen LogP contribution in [0.15, 0.2) is 29.5 Å². The van der Waals surface area contributed by atoms with E-state index in [1.807, 2.05) is 7.05 Å². The third kappa shape index (κ3) is 3.85. The van der Waals surface area contributed by atoms with Gasteiger partial charge in [-0.2, -0.15) is 0 Å². The Morgan fingerprint density at radius 2 is 2.15 bits per heavy atom.